The molecule has 2 aliphatic rings. The standard InChI is InChI=1S/C23H26N4O4.C2H2O4/c28-22(18-6-4-10-21(16-18)27(30)31)26-11-5-7-19(17-26)23(29)25-14-12-24(13-15-25)20-8-2-1-3-9-20;3-1(4)2(5)6/h1-4,6,8-10,16,19H,5,7,11-15,17H2;(H,3,4)(H,5,6). The van der Waals surface area contributed by atoms with Crippen LogP contribution < -0.4 is 4.90 Å². The number of nitro groups is 1. The fraction of sp³-hybridized carbons (Fsp3) is 0.360. The second-order valence-electron chi connectivity index (χ2n) is 8.66. The summed E-state index contributed by atoms with van der Waals surface area (Å²) in [5.74, 6) is -4.02. The average molecular weight is 513 g/mol. The number of carboxylic acid groups (broad SMARTS) is 2. The molecule has 2 amide bonds. The minimum atomic E-state index is -1.82. The lowest BCUT2D eigenvalue weighted by molar-refractivity contribution is -0.384. The van der Waals surface area contributed by atoms with Gasteiger partial charge in [-0.25, -0.2) is 9.59 Å². The normalized spacial score (nSPS) is 17.3. The van der Waals surface area contributed by atoms with Gasteiger partial charge in [-0.1, -0.05) is 24.3 Å². The number of carboxylic acids is 2. The van der Waals surface area contributed by atoms with E-state index in [1.807, 2.05) is 23.1 Å². The Morgan fingerprint density at radius 2 is 1.49 bits per heavy atom. The van der Waals surface area contributed by atoms with Crippen molar-refractivity contribution in [1.82, 2.24) is 9.80 Å². The summed E-state index contributed by atoms with van der Waals surface area (Å²) in [6, 6.07) is 16.0. The largest absolute Gasteiger partial charge is 0.473 e. The number of nitrogens with zero attached hydrogens (tertiary/aromatic N) is 4. The Kier molecular flexibility index (Phi) is 9.14. The molecule has 0 radical (unpaired) electrons. The van der Waals surface area contributed by atoms with E-state index in [1.54, 1.807) is 11.0 Å². The van der Waals surface area contributed by atoms with Gasteiger partial charge >= 0.3 is 11.9 Å². The zero-order valence-electron chi connectivity index (χ0n) is 20.1. The van der Waals surface area contributed by atoms with Gasteiger partial charge in [-0.2, -0.15) is 0 Å². The number of likely N-dealkylation sites (tertiary alicyclic amines) is 1. The van der Waals surface area contributed by atoms with Gasteiger partial charge in [-0.3, -0.25) is 19.7 Å². The van der Waals surface area contributed by atoms with E-state index in [1.165, 1.54) is 23.9 Å². The van der Waals surface area contributed by atoms with E-state index in [4.69, 9.17) is 19.8 Å². The van der Waals surface area contributed by atoms with Crippen LogP contribution in [0, 0.1) is 16.0 Å². The number of carbonyl (C=O) groups is 4. The number of rotatable bonds is 4. The molecule has 12 heteroatoms. The third-order valence-electron chi connectivity index (χ3n) is 6.26. The summed E-state index contributed by atoms with van der Waals surface area (Å²) in [4.78, 5) is 60.6. The van der Waals surface area contributed by atoms with Crippen LogP contribution in [0.4, 0.5) is 11.4 Å². The van der Waals surface area contributed by atoms with E-state index in [-0.39, 0.29) is 23.4 Å². The van der Waals surface area contributed by atoms with E-state index in [0.29, 0.717) is 31.7 Å². The highest BCUT2D eigenvalue weighted by Crippen LogP contribution is 2.23. The molecule has 2 N–H and O–H groups in total. The highest BCUT2D eigenvalue weighted by atomic mass is 16.6. The predicted molar refractivity (Wildman–Crippen MR) is 132 cm³/mol. The Morgan fingerprint density at radius 3 is 2.08 bits per heavy atom. The highest BCUT2D eigenvalue weighted by molar-refractivity contribution is 6.27. The molecule has 1 unspecified atom stereocenters. The van der Waals surface area contributed by atoms with Crippen molar-refractivity contribution >= 4 is 35.1 Å². The van der Waals surface area contributed by atoms with Gasteiger partial charge in [0, 0.05) is 62.7 Å². The molecule has 37 heavy (non-hydrogen) atoms. The van der Waals surface area contributed by atoms with Gasteiger partial charge in [0.25, 0.3) is 11.6 Å². The first-order valence-electron chi connectivity index (χ1n) is 11.8. The molecule has 0 aliphatic carbocycles. The van der Waals surface area contributed by atoms with Crippen LogP contribution in [0.1, 0.15) is 23.2 Å². The Morgan fingerprint density at radius 1 is 0.838 bits per heavy atom. The molecule has 2 saturated heterocycles. The summed E-state index contributed by atoms with van der Waals surface area (Å²) in [5.41, 5.74) is 1.35. The summed E-state index contributed by atoms with van der Waals surface area (Å²) in [6.45, 7) is 3.84. The van der Waals surface area contributed by atoms with Crippen LogP contribution >= 0.6 is 0 Å². The average Bonchev–Trinajstić information content (AvgIpc) is 2.93. The SMILES string of the molecule is O=C(O)C(=O)O.O=C(c1cccc([N+](=O)[O-])c1)N1CCCC(C(=O)N2CCN(c3ccccc3)CC2)C1. The number of hydrogen-bond donors (Lipinski definition) is 2. The number of piperazine rings is 1. The van der Waals surface area contributed by atoms with Crippen molar-refractivity contribution in [1.29, 1.82) is 0 Å². The quantitative estimate of drug-likeness (QED) is 0.354. The third kappa shape index (κ3) is 7.26. The van der Waals surface area contributed by atoms with Gasteiger partial charge in [0.05, 0.1) is 10.8 Å². The van der Waals surface area contributed by atoms with Crippen molar-refractivity contribution in [3.05, 3.63) is 70.3 Å². The summed E-state index contributed by atoms with van der Waals surface area (Å²) in [5, 5.41) is 25.8. The molecular formula is C25H28N4O8. The molecule has 2 aromatic rings. The van der Waals surface area contributed by atoms with Gasteiger partial charge in [-0.15, -0.1) is 0 Å². The molecule has 4 rings (SSSR count). The van der Waals surface area contributed by atoms with Crippen LogP contribution in [0.15, 0.2) is 54.6 Å². The van der Waals surface area contributed by atoms with Crippen molar-refractivity contribution in [2.24, 2.45) is 5.92 Å². The van der Waals surface area contributed by atoms with Crippen molar-refractivity contribution in [2.45, 2.75) is 12.8 Å². The van der Waals surface area contributed by atoms with Gasteiger partial charge in [-0.05, 0) is 31.0 Å². The van der Waals surface area contributed by atoms with E-state index in [0.717, 1.165) is 25.9 Å². The topological polar surface area (TPSA) is 162 Å². The molecule has 12 nitrogen and oxygen atoms in total. The molecule has 0 saturated carbocycles. The molecule has 2 aliphatic heterocycles. The number of carbonyl (C=O) groups excluding carboxylic acids is 2. The second-order valence-corrected chi connectivity index (χ2v) is 8.66. The molecular weight excluding hydrogens is 484 g/mol. The number of anilines is 1. The van der Waals surface area contributed by atoms with Gasteiger partial charge < -0.3 is 24.9 Å². The number of para-hydroxylation sites is 1. The van der Waals surface area contributed by atoms with Crippen LogP contribution in [0.2, 0.25) is 0 Å². The van der Waals surface area contributed by atoms with Crippen LogP contribution in [0.3, 0.4) is 0 Å². The molecule has 0 spiro atoms. The highest BCUT2D eigenvalue weighted by Gasteiger charge is 2.33. The van der Waals surface area contributed by atoms with E-state index >= 15 is 0 Å². The van der Waals surface area contributed by atoms with E-state index in [9.17, 15) is 19.7 Å². The Bertz CT molecular complexity index is 1140. The fourth-order valence-electron chi connectivity index (χ4n) is 4.38. The maximum absolute atomic E-state index is 13.1. The lowest BCUT2D eigenvalue weighted by Crippen LogP contribution is -2.53. The summed E-state index contributed by atoms with van der Waals surface area (Å²) in [7, 11) is 0. The zero-order valence-corrected chi connectivity index (χ0v) is 20.1. The first-order valence-corrected chi connectivity index (χ1v) is 11.8. The third-order valence-corrected chi connectivity index (χ3v) is 6.26. The van der Waals surface area contributed by atoms with Gasteiger partial charge in [0.1, 0.15) is 0 Å². The molecule has 2 heterocycles. The number of non-ortho nitro benzene ring substituents is 1. The molecule has 196 valence electrons. The van der Waals surface area contributed by atoms with E-state index in [2.05, 4.69) is 17.0 Å². The Balaban J connectivity index is 0.000000568. The summed E-state index contributed by atoms with van der Waals surface area (Å²) < 4.78 is 0. The minimum Gasteiger partial charge on any atom is -0.473 e. The monoisotopic (exact) mass is 512 g/mol. The fourth-order valence-corrected chi connectivity index (χ4v) is 4.38. The first kappa shape index (κ1) is 27.1. The summed E-state index contributed by atoms with van der Waals surface area (Å²) in [6.07, 6.45) is 1.51. The van der Waals surface area contributed by atoms with Crippen LogP contribution in [-0.2, 0) is 14.4 Å². The number of nitro benzene ring substituents is 1. The van der Waals surface area contributed by atoms with Crippen molar-refractivity contribution in [2.75, 3.05) is 44.2 Å². The van der Waals surface area contributed by atoms with Crippen molar-refractivity contribution < 1.29 is 34.3 Å². The minimum absolute atomic E-state index is 0.101. The molecule has 0 aromatic heterocycles. The number of piperidine rings is 1. The predicted octanol–water partition coefficient (Wildman–Crippen LogP) is 1.95. The molecule has 2 fully saturated rings. The van der Waals surface area contributed by atoms with Gasteiger partial charge in [0.2, 0.25) is 5.91 Å². The Hall–Kier alpha value is -4.48. The van der Waals surface area contributed by atoms with Crippen LogP contribution in [0.5, 0.6) is 0 Å². The number of benzene rings is 2. The number of amides is 2. The lowest BCUT2D eigenvalue weighted by atomic mass is 9.95. The molecule has 2 aromatic carbocycles. The maximum Gasteiger partial charge on any atom is 0.414 e. The van der Waals surface area contributed by atoms with Gasteiger partial charge in [0.15, 0.2) is 0 Å². The molecule has 0 bridgehead atoms. The van der Waals surface area contributed by atoms with E-state index < -0.39 is 16.9 Å². The zero-order chi connectivity index (χ0) is 26.9. The molecule has 1 atom stereocenters. The maximum atomic E-state index is 13.1. The number of aliphatic carboxylic acids is 2. The van der Waals surface area contributed by atoms with Crippen molar-refractivity contribution in [3.63, 3.8) is 0 Å². The first-order chi connectivity index (χ1) is 17.7. The van der Waals surface area contributed by atoms with Crippen LogP contribution in [0.25, 0.3) is 0 Å². The number of hydrogen-bond acceptors (Lipinski definition) is 7. The second kappa shape index (κ2) is 12.5. The smallest absolute Gasteiger partial charge is 0.414 e. The lowest BCUT2D eigenvalue weighted by Gasteiger charge is -2.39. The Labute approximate surface area is 212 Å². The van der Waals surface area contributed by atoms with Crippen molar-refractivity contribution in [3.8, 4) is 0 Å². The van der Waals surface area contributed by atoms with Crippen LogP contribution in [-0.4, -0.2) is 88.0 Å². The summed E-state index contributed by atoms with van der Waals surface area (Å²) >= 11 is 0.